The molecule has 0 aliphatic heterocycles. The molecule has 0 saturated heterocycles. The molecule has 12 rings (SSSR count). The number of nitrogens with zero attached hydrogens (tertiary/aromatic N) is 4. The zero-order valence-electron chi connectivity index (χ0n) is 43.9. The van der Waals surface area contributed by atoms with Gasteiger partial charge in [0.05, 0.1) is 31.6 Å². The number of aromatic nitrogens is 4. The molecule has 260 valence electrons. The van der Waals surface area contributed by atoms with Gasteiger partial charge in [-0.1, -0.05) is 139 Å². The third-order valence-electron chi connectivity index (χ3n) is 10.3. The average Bonchev–Trinajstić information content (AvgIpc) is 3.93. The van der Waals surface area contributed by atoms with Crippen molar-refractivity contribution < 1.29 is 25.0 Å². The monoisotopic (exact) mass is 729 g/mol. The summed E-state index contributed by atoms with van der Waals surface area (Å²) in [4.78, 5) is 13.6. The molecule has 9 aromatic carbocycles. The van der Waals surface area contributed by atoms with Crippen molar-refractivity contribution in [1.29, 1.82) is 0 Å². The van der Waals surface area contributed by atoms with Gasteiger partial charge in [-0.3, -0.25) is 0 Å². The molecule has 5 nitrogen and oxygen atoms in total. The topological polar surface area (TPSA) is 56.7 Å². The Kier molecular flexibility index (Phi) is 4.18. The minimum atomic E-state index is -0.649. The highest BCUT2D eigenvalue weighted by Gasteiger charge is 2.24. The van der Waals surface area contributed by atoms with Crippen LogP contribution >= 0.6 is 0 Å². The highest BCUT2D eigenvalue weighted by Crippen LogP contribution is 2.48. The van der Waals surface area contributed by atoms with Gasteiger partial charge in [0.1, 0.15) is 11.2 Å². The summed E-state index contributed by atoms with van der Waals surface area (Å²) in [7, 11) is 0. The SMILES string of the molecule is [2H]c1c([2H])c([2H])c(-c2nc(-c3ccc4c(c3)oc3cccc(-c5ccc6c7c5c5ccccc5c5cccc(c57)n6-c5c([2H])c([2H])c([2H])c([2H])c5[2H])c34)nc(-c3c([2H])c([2H])c([2H])c([2H])c3[2H])n2)c([2H])c1[2H]. The number of furan rings is 1. The van der Waals surface area contributed by atoms with Crippen LogP contribution in [0.15, 0.2) is 186 Å². The van der Waals surface area contributed by atoms with E-state index >= 15 is 0 Å². The van der Waals surface area contributed by atoms with Gasteiger partial charge in [0, 0.05) is 49.3 Å². The second-order valence-electron chi connectivity index (χ2n) is 13.2. The Balaban J connectivity index is 1.11. The van der Waals surface area contributed by atoms with E-state index in [2.05, 4.69) is 15.0 Å². The summed E-state index contributed by atoms with van der Waals surface area (Å²) in [5.74, 6) is -0.882. The van der Waals surface area contributed by atoms with Crippen molar-refractivity contribution in [3.8, 4) is 51.0 Å². The lowest BCUT2D eigenvalue weighted by Crippen LogP contribution is -2.00. The molecule has 12 aromatic rings. The first kappa shape index (κ1) is 19.6. The minimum absolute atomic E-state index is 0.0376. The van der Waals surface area contributed by atoms with E-state index in [9.17, 15) is 0 Å². The van der Waals surface area contributed by atoms with Crippen molar-refractivity contribution in [2.45, 2.75) is 0 Å². The Bertz CT molecular complexity index is 4200. The molecule has 0 aliphatic rings. The Morgan fingerprint density at radius 1 is 0.411 bits per heavy atom. The summed E-state index contributed by atoms with van der Waals surface area (Å²) >= 11 is 0. The van der Waals surface area contributed by atoms with Gasteiger partial charge in [0.15, 0.2) is 17.5 Å². The molecule has 0 spiro atoms. The maximum absolute atomic E-state index is 9.00. The van der Waals surface area contributed by atoms with E-state index in [1.807, 2.05) is 72.8 Å². The van der Waals surface area contributed by atoms with Gasteiger partial charge < -0.3 is 8.98 Å². The largest absolute Gasteiger partial charge is 0.456 e. The van der Waals surface area contributed by atoms with Gasteiger partial charge in [-0.25, -0.2) is 15.0 Å². The Hall–Kier alpha value is -7.63. The van der Waals surface area contributed by atoms with Gasteiger partial charge in [-0.05, 0) is 69.7 Å². The van der Waals surface area contributed by atoms with E-state index in [1.165, 1.54) is 0 Å². The zero-order chi connectivity index (χ0) is 49.8. The summed E-state index contributed by atoms with van der Waals surface area (Å²) in [5.41, 5.74) is 3.44. The molecule has 3 heterocycles. The van der Waals surface area contributed by atoms with E-state index in [0.717, 1.165) is 48.8 Å². The second kappa shape index (κ2) is 11.9. The second-order valence-corrected chi connectivity index (χ2v) is 13.2. The van der Waals surface area contributed by atoms with Crippen LogP contribution in [-0.2, 0) is 0 Å². The third kappa shape index (κ3) is 4.52. The lowest BCUT2D eigenvalue weighted by molar-refractivity contribution is 0.669. The van der Waals surface area contributed by atoms with Crippen LogP contribution in [0.5, 0.6) is 0 Å². The maximum atomic E-state index is 9.00. The fourth-order valence-electron chi connectivity index (χ4n) is 8.05. The molecule has 3 aromatic heterocycles. The normalized spacial score (nSPS) is 15.7. The summed E-state index contributed by atoms with van der Waals surface area (Å²) in [6, 6.07) is 20.2. The minimum Gasteiger partial charge on any atom is -0.456 e. The van der Waals surface area contributed by atoms with Gasteiger partial charge in [0.25, 0.3) is 0 Å². The fraction of sp³-hybridized carbons (Fsp3) is 0. The predicted molar refractivity (Wildman–Crippen MR) is 229 cm³/mol. The molecule has 0 unspecified atom stereocenters. The molecule has 0 saturated carbocycles. The van der Waals surface area contributed by atoms with Gasteiger partial charge >= 0.3 is 0 Å². The smallest absolute Gasteiger partial charge is 0.164 e. The molecule has 0 fully saturated rings. The van der Waals surface area contributed by atoms with Crippen LogP contribution in [0.25, 0.3) is 116 Å². The molecule has 0 amide bonds. The summed E-state index contributed by atoms with van der Waals surface area (Å²) in [5, 5.41) is 6.82. The molecule has 0 radical (unpaired) electrons. The molecule has 0 aliphatic carbocycles. The fourth-order valence-corrected chi connectivity index (χ4v) is 8.05. The number of hydrogen-bond acceptors (Lipinski definition) is 4. The van der Waals surface area contributed by atoms with Gasteiger partial charge in [-0.15, -0.1) is 0 Å². The molecule has 0 atom stereocenters. The van der Waals surface area contributed by atoms with Crippen molar-refractivity contribution in [1.82, 2.24) is 19.5 Å². The highest BCUT2D eigenvalue weighted by atomic mass is 16.3. The van der Waals surface area contributed by atoms with Crippen molar-refractivity contribution in [3.63, 3.8) is 0 Å². The standard InChI is InChI=1S/C51H30N4O/c1-4-14-31(15-5-1)49-52-50(32-16-6-2-7-17-32)54-51(53-49)33-26-27-40-44(30-33)56-43-25-13-23-38(45(40)43)39-28-29-42-48-46(39)36-21-11-10-20-35(36)37-22-12-24-41(47(37)48)55(42)34-18-8-3-9-19-34/h1-30H/i1D,2D,3D,4D,5D,6D,7D,8D,9D,14D,15D,16D,17D,18D,19D. The Labute approximate surface area is 342 Å². The summed E-state index contributed by atoms with van der Waals surface area (Å²) in [6.07, 6.45) is 0. The molecular formula is C51H30N4O. The number of para-hydroxylation sites is 1. The van der Waals surface area contributed by atoms with E-state index < -0.39 is 78.6 Å². The number of fused-ring (bicyclic) bond motifs is 6. The van der Waals surface area contributed by atoms with E-state index in [4.69, 9.17) is 25.0 Å². The number of rotatable bonds is 5. The predicted octanol–water partition coefficient (Wildman–Crippen LogP) is 13.3. The van der Waals surface area contributed by atoms with Crippen LogP contribution in [0.1, 0.15) is 20.6 Å². The molecular weight excluding hydrogens is 685 g/mol. The van der Waals surface area contributed by atoms with E-state index in [1.54, 1.807) is 22.8 Å². The molecule has 0 N–H and O–H groups in total. The van der Waals surface area contributed by atoms with Crippen LogP contribution in [-0.4, -0.2) is 19.5 Å². The molecule has 56 heavy (non-hydrogen) atoms. The lowest BCUT2D eigenvalue weighted by Gasteiger charge is -2.14. The number of hydrogen-bond donors (Lipinski definition) is 0. The van der Waals surface area contributed by atoms with Crippen molar-refractivity contribution in [2.24, 2.45) is 0 Å². The third-order valence-corrected chi connectivity index (χ3v) is 10.3. The van der Waals surface area contributed by atoms with Crippen LogP contribution in [0.2, 0.25) is 0 Å². The van der Waals surface area contributed by atoms with E-state index in [0.29, 0.717) is 33.1 Å². The summed E-state index contributed by atoms with van der Waals surface area (Å²) < 4.78 is 136. The van der Waals surface area contributed by atoms with Gasteiger partial charge in [0.2, 0.25) is 0 Å². The van der Waals surface area contributed by atoms with E-state index in [-0.39, 0.29) is 46.4 Å². The van der Waals surface area contributed by atoms with Crippen LogP contribution < -0.4 is 0 Å². The Morgan fingerprint density at radius 3 is 1.73 bits per heavy atom. The first-order valence-corrected chi connectivity index (χ1v) is 17.6. The lowest BCUT2D eigenvalue weighted by atomic mass is 9.88. The first-order valence-electron chi connectivity index (χ1n) is 25.1. The van der Waals surface area contributed by atoms with Gasteiger partial charge in [-0.2, -0.15) is 0 Å². The summed E-state index contributed by atoms with van der Waals surface area (Å²) in [6.45, 7) is 0. The van der Waals surface area contributed by atoms with Crippen LogP contribution in [0.4, 0.5) is 0 Å². The van der Waals surface area contributed by atoms with Crippen molar-refractivity contribution in [2.75, 3.05) is 0 Å². The van der Waals surface area contributed by atoms with Crippen LogP contribution in [0, 0.1) is 0 Å². The van der Waals surface area contributed by atoms with Crippen molar-refractivity contribution >= 4 is 65.3 Å². The first-order chi connectivity index (χ1) is 34.0. The Morgan fingerprint density at radius 2 is 1.00 bits per heavy atom. The molecule has 5 heteroatoms. The zero-order valence-corrected chi connectivity index (χ0v) is 28.9. The number of benzene rings is 9. The molecule has 0 bridgehead atoms. The average molecular weight is 730 g/mol. The quantitative estimate of drug-likeness (QED) is 0.166. The van der Waals surface area contributed by atoms with Crippen LogP contribution in [0.3, 0.4) is 0 Å². The maximum Gasteiger partial charge on any atom is 0.164 e. The highest BCUT2D eigenvalue weighted by molar-refractivity contribution is 6.37. The van der Waals surface area contributed by atoms with Crippen molar-refractivity contribution in [3.05, 3.63) is 182 Å².